The molecule has 1 fully saturated rings. The van der Waals surface area contributed by atoms with E-state index in [1.165, 1.54) is 24.1 Å². The minimum Gasteiger partial charge on any atom is -0.367 e. The molecule has 1 aliphatic rings. The number of rotatable bonds is 7. The van der Waals surface area contributed by atoms with Crippen LogP contribution in [-0.2, 0) is 13.1 Å². The molecule has 1 saturated carbocycles. The standard InChI is InChI=1S/C17H22N4/c1-2-21(13-14-5-8-18-9-6-14)17-7-10-19-16(11-17)12-20-15-3-4-15/h5-11,15,20H,2-4,12-13H2,1H3. The Labute approximate surface area is 126 Å². The lowest BCUT2D eigenvalue weighted by atomic mass is 10.2. The molecule has 0 unspecified atom stereocenters. The second-order valence-electron chi connectivity index (χ2n) is 5.53. The number of aromatic nitrogens is 2. The quantitative estimate of drug-likeness (QED) is 0.848. The van der Waals surface area contributed by atoms with Crippen molar-refractivity contribution >= 4 is 5.69 Å². The number of nitrogens with zero attached hydrogens (tertiary/aromatic N) is 3. The summed E-state index contributed by atoms with van der Waals surface area (Å²) >= 11 is 0. The highest BCUT2D eigenvalue weighted by Gasteiger charge is 2.20. The molecular weight excluding hydrogens is 260 g/mol. The number of pyridine rings is 2. The van der Waals surface area contributed by atoms with Crippen molar-refractivity contribution in [1.82, 2.24) is 15.3 Å². The van der Waals surface area contributed by atoms with Crippen molar-refractivity contribution in [2.75, 3.05) is 11.4 Å². The predicted octanol–water partition coefficient (Wildman–Crippen LogP) is 2.76. The Morgan fingerprint density at radius 2 is 2.00 bits per heavy atom. The second-order valence-corrected chi connectivity index (χ2v) is 5.53. The fourth-order valence-electron chi connectivity index (χ4n) is 2.39. The molecular formula is C17H22N4. The molecule has 0 aromatic carbocycles. The largest absolute Gasteiger partial charge is 0.367 e. The van der Waals surface area contributed by atoms with Crippen molar-refractivity contribution in [1.29, 1.82) is 0 Å². The maximum Gasteiger partial charge on any atom is 0.0562 e. The average molecular weight is 282 g/mol. The predicted molar refractivity (Wildman–Crippen MR) is 85.1 cm³/mol. The molecule has 1 N–H and O–H groups in total. The average Bonchev–Trinajstić information content (AvgIpc) is 3.36. The van der Waals surface area contributed by atoms with Crippen LogP contribution in [0.4, 0.5) is 5.69 Å². The van der Waals surface area contributed by atoms with Crippen molar-refractivity contribution in [2.45, 2.75) is 38.9 Å². The number of nitrogens with one attached hydrogen (secondary N) is 1. The molecule has 4 nitrogen and oxygen atoms in total. The summed E-state index contributed by atoms with van der Waals surface area (Å²) in [5.74, 6) is 0. The van der Waals surface area contributed by atoms with Gasteiger partial charge in [-0.1, -0.05) is 0 Å². The Balaban J connectivity index is 1.68. The highest BCUT2D eigenvalue weighted by atomic mass is 15.1. The Morgan fingerprint density at radius 1 is 1.19 bits per heavy atom. The minimum atomic E-state index is 0.717. The van der Waals surface area contributed by atoms with Gasteiger partial charge in [0.05, 0.1) is 5.69 Å². The SMILES string of the molecule is CCN(Cc1ccncc1)c1ccnc(CNC2CC2)c1. The fraction of sp³-hybridized carbons (Fsp3) is 0.412. The zero-order valence-electron chi connectivity index (χ0n) is 12.5. The highest BCUT2D eigenvalue weighted by Crippen LogP contribution is 2.20. The van der Waals surface area contributed by atoms with Crippen LogP contribution in [-0.4, -0.2) is 22.6 Å². The Hall–Kier alpha value is -1.94. The fourth-order valence-corrected chi connectivity index (χ4v) is 2.39. The molecule has 0 radical (unpaired) electrons. The third-order valence-corrected chi connectivity index (χ3v) is 3.82. The van der Waals surface area contributed by atoms with Crippen LogP contribution < -0.4 is 10.2 Å². The van der Waals surface area contributed by atoms with E-state index in [1.54, 1.807) is 0 Å². The first-order valence-corrected chi connectivity index (χ1v) is 7.67. The number of anilines is 1. The van der Waals surface area contributed by atoms with Gasteiger partial charge in [-0.3, -0.25) is 9.97 Å². The van der Waals surface area contributed by atoms with Crippen LogP contribution in [0.2, 0.25) is 0 Å². The molecule has 0 aliphatic heterocycles. The van der Waals surface area contributed by atoms with E-state index >= 15 is 0 Å². The topological polar surface area (TPSA) is 41.1 Å². The van der Waals surface area contributed by atoms with Gasteiger partial charge < -0.3 is 10.2 Å². The van der Waals surface area contributed by atoms with Crippen LogP contribution in [0.15, 0.2) is 42.9 Å². The smallest absolute Gasteiger partial charge is 0.0562 e. The molecule has 0 saturated heterocycles. The van der Waals surface area contributed by atoms with E-state index in [0.717, 1.165) is 31.4 Å². The van der Waals surface area contributed by atoms with E-state index in [4.69, 9.17) is 0 Å². The first-order valence-electron chi connectivity index (χ1n) is 7.67. The highest BCUT2D eigenvalue weighted by molar-refractivity contribution is 5.47. The number of hydrogen-bond acceptors (Lipinski definition) is 4. The van der Waals surface area contributed by atoms with E-state index in [1.807, 2.05) is 18.6 Å². The second kappa shape index (κ2) is 6.68. The van der Waals surface area contributed by atoms with Gasteiger partial charge in [0.15, 0.2) is 0 Å². The van der Waals surface area contributed by atoms with Crippen molar-refractivity contribution < 1.29 is 0 Å². The molecule has 21 heavy (non-hydrogen) atoms. The Kier molecular flexibility index (Phi) is 4.46. The summed E-state index contributed by atoms with van der Waals surface area (Å²) in [6.45, 7) is 4.93. The van der Waals surface area contributed by atoms with Gasteiger partial charge in [-0.15, -0.1) is 0 Å². The summed E-state index contributed by atoms with van der Waals surface area (Å²) in [5, 5.41) is 3.52. The maximum atomic E-state index is 4.46. The Morgan fingerprint density at radius 3 is 2.71 bits per heavy atom. The monoisotopic (exact) mass is 282 g/mol. The van der Waals surface area contributed by atoms with Crippen LogP contribution in [0.25, 0.3) is 0 Å². The van der Waals surface area contributed by atoms with E-state index in [-0.39, 0.29) is 0 Å². The van der Waals surface area contributed by atoms with Gasteiger partial charge in [0.2, 0.25) is 0 Å². The van der Waals surface area contributed by atoms with Crippen LogP contribution in [0, 0.1) is 0 Å². The lowest BCUT2D eigenvalue weighted by Gasteiger charge is -2.23. The van der Waals surface area contributed by atoms with Crippen LogP contribution in [0.5, 0.6) is 0 Å². The van der Waals surface area contributed by atoms with Crippen molar-refractivity contribution in [3.63, 3.8) is 0 Å². The van der Waals surface area contributed by atoms with E-state index < -0.39 is 0 Å². The van der Waals surface area contributed by atoms with Crippen LogP contribution in [0.3, 0.4) is 0 Å². The van der Waals surface area contributed by atoms with Crippen LogP contribution in [0.1, 0.15) is 31.0 Å². The summed E-state index contributed by atoms with van der Waals surface area (Å²) in [6.07, 6.45) is 8.22. The van der Waals surface area contributed by atoms with E-state index in [2.05, 4.69) is 51.4 Å². The molecule has 1 aliphatic carbocycles. The Bertz CT molecular complexity index is 566. The van der Waals surface area contributed by atoms with Gasteiger partial charge in [0, 0.05) is 50.0 Å². The maximum absolute atomic E-state index is 4.46. The van der Waals surface area contributed by atoms with Gasteiger partial charge in [-0.05, 0) is 49.6 Å². The third-order valence-electron chi connectivity index (χ3n) is 3.82. The third kappa shape index (κ3) is 4.02. The van der Waals surface area contributed by atoms with Gasteiger partial charge in [-0.25, -0.2) is 0 Å². The summed E-state index contributed by atoms with van der Waals surface area (Å²) in [7, 11) is 0. The molecule has 2 aromatic heterocycles. The zero-order chi connectivity index (χ0) is 14.5. The van der Waals surface area contributed by atoms with E-state index in [9.17, 15) is 0 Å². The van der Waals surface area contributed by atoms with Crippen molar-refractivity contribution in [3.05, 3.63) is 54.1 Å². The molecule has 0 amide bonds. The lowest BCUT2D eigenvalue weighted by Crippen LogP contribution is -2.23. The summed E-state index contributed by atoms with van der Waals surface area (Å²) in [5.41, 5.74) is 3.63. The van der Waals surface area contributed by atoms with Gasteiger partial charge in [0.1, 0.15) is 0 Å². The minimum absolute atomic E-state index is 0.717. The van der Waals surface area contributed by atoms with Gasteiger partial charge >= 0.3 is 0 Å². The molecule has 110 valence electrons. The first kappa shape index (κ1) is 14.0. The molecule has 3 rings (SSSR count). The molecule has 0 spiro atoms. The molecule has 0 bridgehead atoms. The summed E-state index contributed by atoms with van der Waals surface area (Å²) < 4.78 is 0. The van der Waals surface area contributed by atoms with Gasteiger partial charge in [0.25, 0.3) is 0 Å². The molecule has 0 atom stereocenters. The van der Waals surface area contributed by atoms with Crippen molar-refractivity contribution in [2.24, 2.45) is 0 Å². The first-order chi connectivity index (χ1) is 10.3. The van der Waals surface area contributed by atoms with E-state index in [0.29, 0.717) is 0 Å². The summed E-state index contributed by atoms with van der Waals surface area (Å²) in [6, 6.07) is 9.14. The molecule has 4 heteroatoms. The molecule has 2 heterocycles. The normalized spacial score (nSPS) is 14.1. The summed E-state index contributed by atoms with van der Waals surface area (Å²) in [4.78, 5) is 10.9. The van der Waals surface area contributed by atoms with Crippen molar-refractivity contribution in [3.8, 4) is 0 Å². The van der Waals surface area contributed by atoms with Crippen LogP contribution >= 0.6 is 0 Å². The number of hydrogen-bond donors (Lipinski definition) is 1. The molecule has 2 aromatic rings. The lowest BCUT2D eigenvalue weighted by molar-refractivity contribution is 0.673. The zero-order valence-corrected chi connectivity index (χ0v) is 12.5. The van der Waals surface area contributed by atoms with Gasteiger partial charge in [-0.2, -0.15) is 0 Å².